The zero-order valence-corrected chi connectivity index (χ0v) is 9.74. The average Bonchev–Trinajstić information content (AvgIpc) is 2.66. The van der Waals surface area contributed by atoms with Crippen molar-refractivity contribution >= 4 is 0 Å². The van der Waals surface area contributed by atoms with Crippen LogP contribution in [0.2, 0.25) is 0 Å². The number of rotatable bonds is 3. The Morgan fingerprint density at radius 3 is 3.00 bits per heavy atom. The number of nitrogens with zero attached hydrogens (tertiary/aromatic N) is 3. The lowest BCUT2D eigenvalue weighted by atomic mass is 9.73. The Morgan fingerprint density at radius 1 is 1.47 bits per heavy atom. The van der Waals surface area contributed by atoms with E-state index in [1.54, 1.807) is 4.68 Å². The van der Waals surface area contributed by atoms with Crippen molar-refractivity contribution in [2.75, 3.05) is 0 Å². The highest BCUT2D eigenvalue weighted by molar-refractivity contribution is 5.40. The maximum absolute atomic E-state index is 10.2. The standard InChI is InChI=1S/C13H15N3O/c1-16-8-10(14-15-16)7-13(17)12-6-9-4-2-3-5-11(9)12/h2-5,8,12-13,17H,6-7H2,1H3. The van der Waals surface area contributed by atoms with Crippen molar-refractivity contribution in [2.24, 2.45) is 7.05 Å². The Kier molecular flexibility index (Phi) is 2.44. The summed E-state index contributed by atoms with van der Waals surface area (Å²) in [7, 11) is 1.83. The third kappa shape index (κ3) is 1.85. The minimum atomic E-state index is -0.360. The molecule has 2 unspecified atom stereocenters. The van der Waals surface area contributed by atoms with Gasteiger partial charge in [-0.3, -0.25) is 4.68 Å². The first kappa shape index (κ1) is 10.5. The molecule has 0 bridgehead atoms. The summed E-state index contributed by atoms with van der Waals surface area (Å²) in [6.07, 6.45) is 3.04. The van der Waals surface area contributed by atoms with E-state index in [-0.39, 0.29) is 12.0 Å². The summed E-state index contributed by atoms with van der Waals surface area (Å²) in [4.78, 5) is 0. The van der Waals surface area contributed by atoms with Gasteiger partial charge >= 0.3 is 0 Å². The highest BCUT2D eigenvalue weighted by Crippen LogP contribution is 2.37. The topological polar surface area (TPSA) is 50.9 Å². The van der Waals surface area contributed by atoms with Crippen LogP contribution in [0, 0.1) is 0 Å². The van der Waals surface area contributed by atoms with Gasteiger partial charge in [0.05, 0.1) is 11.8 Å². The van der Waals surface area contributed by atoms with Crippen LogP contribution in [0.3, 0.4) is 0 Å². The minimum absolute atomic E-state index is 0.258. The Bertz CT molecular complexity index is 535. The predicted molar refractivity (Wildman–Crippen MR) is 63.6 cm³/mol. The van der Waals surface area contributed by atoms with Gasteiger partial charge in [-0.1, -0.05) is 29.5 Å². The van der Waals surface area contributed by atoms with Gasteiger partial charge in [0.1, 0.15) is 0 Å². The molecule has 0 aliphatic heterocycles. The quantitative estimate of drug-likeness (QED) is 0.856. The van der Waals surface area contributed by atoms with E-state index in [1.165, 1.54) is 11.1 Å². The Balaban J connectivity index is 1.71. The monoisotopic (exact) mass is 229 g/mol. The maximum Gasteiger partial charge on any atom is 0.0852 e. The molecule has 1 aliphatic carbocycles. The minimum Gasteiger partial charge on any atom is -0.392 e. The van der Waals surface area contributed by atoms with Gasteiger partial charge in [-0.05, 0) is 17.5 Å². The second-order valence-electron chi connectivity index (χ2n) is 4.66. The molecule has 88 valence electrons. The number of hydrogen-bond acceptors (Lipinski definition) is 3. The molecule has 2 atom stereocenters. The number of fused-ring (bicyclic) bond motifs is 1. The number of hydrogen-bond donors (Lipinski definition) is 1. The molecule has 0 radical (unpaired) electrons. The molecule has 0 amide bonds. The second-order valence-corrected chi connectivity index (χ2v) is 4.66. The summed E-state index contributed by atoms with van der Waals surface area (Å²) >= 11 is 0. The van der Waals surface area contributed by atoms with Crippen molar-refractivity contribution in [3.8, 4) is 0 Å². The van der Waals surface area contributed by atoms with Gasteiger partial charge in [0.25, 0.3) is 0 Å². The van der Waals surface area contributed by atoms with Gasteiger partial charge in [0.15, 0.2) is 0 Å². The number of aliphatic hydroxyl groups excluding tert-OH is 1. The molecule has 4 heteroatoms. The molecule has 0 spiro atoms. The van der Waals surface area contributed by atoms with Crippen molar-refractivity contribution in [1.29, 1.82) is 0 Å². The second kappa shape index (κ2) is 3.96. The molecule has 1 aliphatic rings. The van der Waals surface area contributed by atoms with E-state index in [0.717, 1.165) is 12.1 Å². The van der Waals surface area contributed by atoms with Crippen molar-refractivity contribution in [3.63, 3.8) is 0 Å². The van der Waals surface area contributed by atoms with Gasteiger partial charge < -0.3 is 5.11 Å². The van der Waals surface area contributed by atoms with Crippen LogP contribution in [0.25, 0.3) is 0 Å². The lowest BCUT2D eigenvalue weighted by Crippen LogP contribution is -2.30. The summed E-state index contributed by atoms with van der Waals surface area (Å²) in [5.41, 5.74) is 3.49. The van der Waals surface area contributed by atoms with E-state index in [4.69, 9.17) is 0 Å². The normalized spacial score (nSPS) is 19.5. The summed E-state index contributed by atoms with van der Waals surface area (Å²) in [5.74, 6) is 0.258. The van der Waals surface area contributed by atoms with Crippen LogP contribution in [0.4, 0.5) is 0 Å². The largest absolute Gasteiger partial charge is 0.392 e. The molecule has 4 nitrogen and oxygen atoms in total. The molecular weight excluding hydrogens is 214 g/mol. The summed E-state index contributed by atoms with van der Waals surface area (Å²) in [6, 6.07) is 8.30. The van der Waals surface area contributed by atoms with Crippen LogP contribution in [-0.4, -0.2) is 26.2 Å². The van der Waals surface area contributed by atoms with Crippen LogP contribution < -0.4 is 0 Å². The van der Waals surface area contributed by atoms with Crippen molar-refractivity contribution in [3.05, 3.63) is 47.3 Å². The molecule has 1 heterocycles. The van der Waals surface area contributed by atoms with Crippen LogP contribution in [0.1, 0.15) is 22.7 Å². The van der Waals surface area contributed by atoms with Crippen LogP contribution in [0.5, 0.6) is 0 Å². The van der Waals surface area contributed by atoms with Crippen LogP contribution >= 0.6 is 0 Å². The molecule has 0 saturated heterocycles. The fourth-order valence-electron chi connectivity index (χ4n) is 2.49. The Hall–Kier alpha value is -1.68. The van der Waals surface area contributed by atoms with Crippen LogP contribution in [-0.2, 0) is 19.9 Å². The SMILES string of the molecule is Cn1cc(CC(O)C2Cc3ccccc32)nn1. The molecular formula is C13H15N3O. The highest BCUT2D eigenvalue weighted by atomic mass is 16.3. The molecule has 3 rings (SSSR count). The van der Waals surface area contributed by atoms with Crippen molar-refractivity contribution in [2.45, 2.75) is 24.9 Å². The third-order valence-electron chi connectivity index (χ3n) is 3.43. The van der Waals surface area contributed by atoms with E-state index >= 15 is 0 Å². The summed E-state index contributed by atoms with van der Waals surface area (Å²) in [6.45, 7) is 0. The molecule has 0 saturated carbocycles. The number of aromatic nitrogens is 3. The molecule has 1 aromatic carbocycles. The Morgan fingerprint density at radius 2 is 2.29 bits per heavy atom. The van der Waals surface area contributed by atoms with E-state index in [0.29, 0.717) is 6.42 Å². The molecule has 2 aromatic rings. The number of benzene rings is 1. The molecule has 1 aromatic heterocycles. The lowest BCUT2D eigenvalue weighted by molar-refractivity contribution is 0.132. The molecule has 17 heavy (non-hydrogen) atoms. The average molecular weight is 229 g/mol. The third-order valence-corrected chi connectivity index (χ3v) is 3.43. The number of aryl methyl sites for hydroxylation is 1. The predicted octanol–water partition coefficient (Wildman–Crippen LogP) is 1.06. The van der Waals surface area contributed by atoms with E-state index in [2.05, 4.69) is 22.4 Å². The van der Waals surface area contributed by atoms with Crippen LogP contribution in [0.15, 0.2) is 30.5 Å². The lowest BCUT2D eigenvalue weighted by Gasteiger charge is -2.33. The van der Waals surface area contributed by atoms with Crippen molar-refractivity contribution < 1.29 is 5.11 Å². The molecule has 0 fully saturated rings. The Labute approximate surface area is 99.9 Å². The fraction of sp³-hybridized carbons (Fsp3) is 0.385. The van der Waals surface area contributed by atoms with E-state index in [9.17, 15) is 5.11 Å². The smallest absolute Gasteiger partial charge is 0.0852 e. The van der Waals surface area contributed by atoms with Gasteiger partial charge in [0.2, 0.25) is 0 Å². The maximum atomic E-state index is 10.2. The van der Waals surface area contributed by atoms with E-state index < -0.39 is 0 Å². The summed E-state index contributed by atoms with van der Waals surface area (Å²) < 4.78 is 1.66. The fourth-order valence-corrected chi connectivity index (χ4v) is 2.49. The van der Waals surface area contributed by atoms with Gasteiger partial charge in [-0.25, -0.2) is 0 Å². The van der Waals surface area contributed by atoms with Crippen molar-refractivity contribution in [1.82, 2.24) is 15.0 Å². The first-order valence-corrected chi connectivity index (χ1v) is 5.85. The molecule has 1 N–H and O–H groups in total. The number of aliphatic hydroxyl groups is 1. The first-order chi connectivity index (χ1) is 8.24. The van der Waals surface area contributed by atoms with Gasteiger partial charge in [-0.2, -0.15) is 0 Å². The summed E-state index contributed by atoms with van der Waals surface area (Å²) in [5, 5.41) is 18.1. The first-order valence-electron chi connectivity index (χ1n) is 5.85. The van der Waals surface area contributed by atoms with Gasteiger partial charge in [0, 0.05) is 25.6 Å². The highest BCUT2D eigenvalue weighted by Gasteiger charge is 2.31. The van der Waals surface area contributed by atoms with E-state index in [1.807, 2.05) is 25.4 Å². The van der Waals surface area contributed by atoms with Gasteiger partial charge in [-0.15, -0.1) is 5.10 Å². The zero-order valence-electron chi connectivity index (χ0n) is 9.74. The zero-order chi connectivity index (χ0) is 11.8.